The highest BCUT2D eigenvalue weighted by Gasteiger charge is 2.41. The summed E-state index contributed by atoms with van der Waals surface area (Å²) in [7, 11) is 0. The van der Waals surface area contributed by atoms with Gasteiger partial charge in [-0.2, -0.15) is 0 Å². The normalized spacial score (nSPS) is 20.8. The third-order valence-corrected chi connectivity index (χ3v) is 7.78. The van der Waals surface area contributed by atoms with Crippen LogP contribution in [0.25, 0.3) is 0 Å². The van der Waals surface area contributed by atoms with Gasteiger partial charge in [0.15, 0.2) is 0 Å². The molecular weight excluding hydrogens is 372 g/mol. The van der Waals surface area contributed by atoms with Crippen LogP contribution in [0, 0.1) is 0 Å². The summed E-state index contributed by atoms with van der Waals surface area (Å²) in [4.78, 5) is 8.19. The first-order valence-corrected chi connectivity index (χ1v) is 11.1. The van der Waals surface area contributed by atoms with E-state index in [-0.39, 0.29) is 12.4 Å². The molecule has 3 aliphatic rings. The predicted octanol–water partition coefficient (Wildman–Crippen LogP) is 6.51. The Hall–Kier alpha value is -1.16. The van der Waals surface area contributed by atoms with E-state index in [0.29, 0.717) is 5.54 Å². The molecule has 0 radical (unpaired) electrons. The van der Waals surface area contributed by atoms with Crippen molar-refractivity contribution in [2.24, 2.45) is 0 Å². The van der Waals surface area contributed by atoms with Gasteiger partial charge < -0.3 is 4.90 Å². The Balaban J connectivity index is 0.00000180. The SMILES string of the molecule is Cl.c1ccc2c(c1)Sc1ccccc1N2CCN1CCCC12CCCCC2. The van der Waals surface area contributed by atoms with Crippen LogP contribution in [0.1, 0.15) is 44.9 Å². The molecule has 1 saturated carbocycles. The quantitative estimate of drug-likeness (QED) is 0.579. The molecular formula is C23H29ClN2S. The molecule has 5 rings (SSSR count). The van der Waals surface area contributed by atoms with Gasteiger partial charge in [-0.15, -0.1) is 12.4 Å². The Morgan fingerprint density at radius 1 is 0.741 bits per heavy atom. The predicted molar refractivity (Wildman–Crippen MR) is 118 cm³/mol. The van der Waals surface area contributed by atoms with Gasteiger partial charge in [0, 0.05) is 28.4 Å². The minimum absolute atomic E-state index is 0. The summed E-state index contributed by atoms with van der Waals surface area (Å²) >= 11 is 1.91. The highest BCUT2D eigenvalue weighted by molar-refractivity contribution is 7.99. The van der Waals surface area contributed by atoms with Gasteiger partial charge >= 0.3 is 0 Å². The fourth-order valence-electron chi connectivity index (χ4n) is 5.36. The number of para-hydroxylation sites is 2. The third-order valence-electron chi connectivity index (χ3n) is 6.65. The molecule has 0 unspecified atom stereocenters. The van der Waals surface area contributed by atoms with Crippen molar-refractivity contribution in [2.45, 2.75) is 60.3 Å². The summed E-state index contributed by atoms with van der Waals surface area (Å²) in [5.41, 5.74) is 3.29. The van der Waals surface area contributed by atoms with Crippen LogP contribution in [0.4, 0.5) is 11.4 Å². The van der Waals surface area contributed by atoms with Gasteiger partial charge in [-0.25, -0.2) is 0 Å². The molecule has 1 aliphatic carbocycles. The average Bonchev–Trinajstić information content (AvgIpc) is 3.07. The van der Waals surface area contributed by atoms with E-state index in [1.165, 1.54) is 79.2 Å². The standard InChI is InChI=1S/C23H28N2S.ClH/c1-6-13-23(14-7-1)15-8-16-24(23)17-18-25-19-9-2-4-11-21(19)26-22-12-5-3-10-20(22)25;/h2-5,9-12H,1,6-8,13-18H2;1H. The van der Waals surface area contributed by atoms with E-state index in [0.717, 1.165) is 6.54 Å². The Bertz CT molecular complexity index is 742. The lowest BCUT2D eigenvalue weighted by atomic mass is 9.80. The van der Waals surface area contributed by atoms with Crippen LogP contribution in [0.2, 0.25) is 0 Å². The number of fused-ring (bicyclic) bond motifs is 2. The molecule has 0 bridgehead atoms. The fourth-order valence-corrected chi connectivity index (χ4v) is 6.46. The van der Waals surface area contributed by atoms with Gasteiger partial charge in [-0.3, -0.25) is 4.90 Å². The van der Waals surface area contributed by atoms with Crippen molar-refractivity contribution in [1.82, 2.24) is 4.90 Å². The molecule has 4 heteroatoms. The van der Waals surface area contributed by atoms with Gasteiger partial charge in [-0.05, 0) is 56.5 Å². The van der Waals surface area contributed by atoms with Crippen LogP contribution < -0.4 is 4.90 Å². The van der Waals surface area contributed by atoms with Crippen molar-refractivity contribution in [1.29, 1.82) is 0 Å². The Kier molecular flexibility index (Phi) is 5.73. The second-order valence-corrected chi connectivity index (χ2v) is 9.15. The average molecular weight is 401 g/mol. The minimum atomic E-state index is 0. The number of halogens is 1. The van der Waals surface area contributed by atoms with Crippen molar-refractivity contribution in [2.75, 3.05) is 24.5 Å². The number of anilines is 2. The summed E-state index contributed by atoms with van der Waals surface area (Å²) < 4.78 is 0. The van der Waals surface area contributed by atoms with E-state index in [1.54, 1.807) is 0 Å². The Morgan fingerprint density at radius 3 is 2.00 bits per heavy atom. The van der Waals surface area contributed by atoms with Crippen molar-refractivity contribution in [3.8, 4) is 0 Å². The van der Waals surface area contributed by atoms with E-state index < -0.39 is 0 Å². The number of hydrogen-bond donors (Lipinski definition) is 0. The van der Waals surface area contributed by atoms with Crippen LogP contribution in [0.5, 0.6) is 0 Å². The lowest BCUT2D eigenvalue weighted by molar-refractivity contribution is 0.0960. The number of nitrogens with zero attached hydrogens (tertiary/aromatic N) is 2. The molecule has 1 saturated heterocycles. The van der Waals surface area contributed by atoms with E-state index in [9.17, 15) is 0 Å². The minimum Gasteiger partial charge on any atom is -0.338 e. The second kappa shape index (κ2) is 8.06. The Morgan fingerprint density at radius 2 is 1.33 bits per heavy atom. The van der Waals surface area contributed by atoms with Crippen molar-refractivity contribution in [3.63, 3.8) is 0 Å². The van der Waals surface area contributed by atoms with Crippen LogP contribution in [-0.2, 0) is 0 Å². The molecule has 144 valence electrons. The summed E-state index contributed by atoms with van der Waals surface area (Å²) in [5, 5.41) is 0. The molecule has 1 spiro atoms. The molecule has 2 heterocycles. The molecule has 0 aromatic heterocycles. The summed E-state index contributed by atoms with van der Waals surface area (Å²) in [6, 6.07) is 17.8. The maximum atomic E-state index is 2.85. The topological polar surface area (TPSA) is 6.48 Å². The van der Waals surface area contributed by atoms with E-state index in [1.807, 2.05) is 11.8 Å². The number of rotatable bonds is 3. The molecule has 0 atom stereocenters. The molecule has 2 aliphatic heterocycles. The maximum Gasteiger partial charge on any atom is 0.0553 e. The lowest BCUT2D eigenvalue weighted by Gasteiger charge is -2.43. The Labute approximate surface area is 173 Å². The molecule has 2 aromatic carbocycles. The van der Waals surface area contributed by atoms with Crippen molar-refractivity contribution in [3.05, 3.63) is 48.5 Å². The molecule has 2 nitrogen and oxygen atoms in total. The van der Waals surface area contributed by atoms with Crippen molar-refractivity contribution < 1.29 is 0 Å². The van der Waals surface area contributed by atoms with Gasteiger partial charge in [0.25, 0.3) is 0 Å². The number of hydrogen-bond acceptors (Lipinski definition) is 3. The zero-order valence-electron chi connectivity index (χ0n) is 15.9. The van der Waals surface area contributed by atoms with Crippen LogP contribution in [-0.4, -0.2) is 30.1 Å². The molecule has 27 heavy (non-hydrogen) atoms. The number of benzene rings is 2. The van der Waals surface area contributed by atoms with Gasteiger partial charge in [0.05, 0.1) is 11.4 Å². The second-order valence-electron chi connectivity index (χ2n) is 8.06. The monoisotopic (exact) mass is 400 g/mol. The van der Waals surface area contributed by atoms with Gasteiger partial charge in [-0.1, -0.05) is 55.3 Å². The highest BCUT2D eigenvalue weighted by atomic mass is 35.5. The first-order chi connectivity index (χ1) is 12.9. The zero-order valence-corrected chi connectivity index (χ0v) is 17.5. The number of likely N-dealkylation sites (tertiary alicyclic amines) is 1. The first kappa shape index (κ1) is 19.2. The summed E-state index contributed by atoms with van der Waals surface area (Å²) in [5.74, 6) is 0. The van der Waals surface area contributed by atoms with Crippen molar-refractivity contribution >= 4 is 35.5 Å². The van der Waals surface area contributed by atoms with Crippen LogP contribution in [0.15, 0.2) is 58.3 Å². The molecule has 2 fully saturated rings. The zero-order chi connectivity index (χ0) is 17.4. The van der Waals surface area contributed by atoms with Crippen LogP contribution in [0.3, 0.4) is 0 Å². The van der Waals surface area contributed by atoms with E-state index >= 15 is 0 Å². The first-order valence-electron chi connectivity index (χ1n) is 10.2. The lowest BCUT2D eigenvalue weighted by Crippen LogP contribution is -2.48. The smallest absolute Gasteiger partial charge is 0.0553 e. The van der Waals surface area contributed by atoms with E-state index in [2.05, 4.69) is 58.3 Å². The largest absolute Gasteiger partial charge is 0.338 e. The maximum absolute atomic E-state index is 2.85. The summed E-state index contributed by atoms with van der Waals surface area (Å²) in [6.45, 7) is 3.58. The third kappa shape index (κ3) is 3.50. The molecule has 2 aromatic rings. The molecule has 0 amide bonds. The van der Waals surface area contributed by atoms with Gasteiger partial charge in [0.1, 0.15) is 0 Å². The van der Waals surface area contributed by atoms with Gasteiger partial charge in [0.2, 0.25) is 0 Å². The summed E-state index contributed by atoms with van der Waals surface area (Å²) in [6.07, 6.45) is 9.98. The van der Waals surface area contributed by atoms with E-state index in [4.69, 9.17) is 0 Å². The van der Waals surface area contributed by atoms with Crippen LogP contribution >= 0.6 is 24.2 Å². The fraction of sp³-hybridized carbons (Fsp3) is 0.478. The molecule has 0 N–H and O–H groups in total. The highest BCUT2D eigenvalue weighted by Crippen LogP contribution is 2.48.